The molecule has 7 heteroatoms. The Balaban J connectivity index is 2.79. The van der Waals surface area contributed by atoms with Gasteiger partial charge in [0.15, 0.2) is 0 Å². The number of thioether (sulfide) groups is 1. The second kappa shape index (κ2) is 4.69. The van der Waals surface area contributed by atoms with E-state index in [2.05, 4.69) is 0 Å². The molecule has 0 saturated carbocycles. The number of carboxylic acids is 1. The number of carbonyl (C=O) groups is 1. The van der Waals surface area contributed by atoms with Gasteiger partial charge in [0.05, 0.1) is 9.82 Å². The molecule has 0 saturated heterocycles. The summed E-state index contributed by atoms with van der Waals surface area (Å²) in [5.41, 5.74) is -0.214. The van der Waals surface area contributed by atoms with Crippen molar-refractivity contribution in [2.45, 2.75) is 11.8 Å². The van der Waals surface area contributed by atoms with E-state index in [9.17, 15) is 14.9 Å². The van der Waals surface area contributed by atoms with Crippen molar-refractivity contribution in [3.05, 3.63) is 34.1 Å². The summed E-state index contributed by atoms with van der Waals surface area (Å²) in [6, 6.07) is 4.43. The first-order valence-corrected chi connectivity index (χ1v) is 6.10. The molecule has 1 aromatic heterocycles. The molecule has 0 amide bonds. The number of rotatable bonds is 4. The van der Waals surface area contributed by atoms with E-state index in [4.69, 9.17) is 9.52 Å². The van der Waals surface area contributed by atoms with Crippen molar-refractivity contribution in [2.24, 2.45) is 0 Å². The molecule has 18 heavy (non-hydrogen) atoms. The molecule has 1 heterocycles. The third-order valence-electron chi connectivity index (χ3n) is 2.33. The third kappa shape index (κ3) is 1.92. The van der Waals surface area contributed by atoms with Crippen LogP contribution in [0.1, 0.15) is 17.5 Å². The van der Waals surface area contributed by atoms with Crippen LogP contribution in [0.3, 0.4) is 0 Å². The second-order valence-corrected chi connectivity index (χ2v) is 4.68. The van der Waals surface area contributed by atoms with Gasteiger partial charge in [0, 0.05) is 11.5 Å². The van der Waals surface area contributed by atoms with Crippen LogP contribution in [0.25, 0.3) is 11.0 Å². The minimum Gasteiger partial charge on any atom is -0.475 e. The zero-order valence-corrected chi connectivity index (χ0v) is 10.2. The van der Waals surface area contributed by atoms with E-state index in [0.29, 0.717) is 16.0 Å². The van der Waals surface area contributed by atoms with Crippen LogP contribution in [0.15, 0.2) is 27.5 Å². The zero-order valence-electron chi connectivity index (χ0n) is 9.37. The standard InChI is InChI=1S/C11H9NO5S/c1-2-18-10-6-4-3-5-7(12(15)16)8(6)17-9(10)11(13)14/h3-5H,2H2,1H3,(H,13,14). The van der Waals surface area contributed by atoms with Gasteiger partial charge in [-0.1, -0.05) is 13.0 Å². The first-order chi connectivity index (χ1) is 8.56. The molecule has 0 atom stereocenters. The van der Waals surface area contributed by atoms with Crippen molar-refractivity contribution in [2.75, 3.05) is 5.75 Å². The van der Waals surface area contributed by atoms with Crippen molar-refractivity contribution < 1.29 is 19.2 Å². The van der Waals surface area contributed by atoms with Crippen LogP contribution in [-0.2, 0) is 0 Å². The highest BCUT2D eigenvalue weighted by molar-refractivity contribution is 7.99. The maximum absolute atomic E-state index is 11.1. The van der Waals surface area contributed by atoms with Crippen molar-refractivity contribution >= 4 is 34.4 Å². The van der Waals surface area contributed by atoms with Gasteiger partial charge in [-0.3, -0.25) is 10.1 Å². The van der Waals surface area contributed by atoms with Gasteiger partial charge in [-0.2, -0.15) is 0 Å². The molecule has 0 spiro atoms. The quantitative estimate of drug-likeness (QED) is 0.519. The molecule has 0 radical (unpaired) electrons. The SMILES string of the molecule is CCSc1c(C(=O)O)oc2c([N+](=O)[O-])cccc12. The van der Waals surface area contributed by atoms with E-state index in [1.165, 1.54) is 23.9 Å². The number of carboxylic acid groups (broad SMARTS) is 1. The van der Waals surface area contributed by atoms with Crippen LogP contribution in [0.5, 0.6) is 0 Å². The molecular formula is C11H9NO5S. The largest absolute Gasteiger partial charge is 0.475 e. The highest BCUT2D eigenvalue weighted by Gasteiger charge is 2.25. The predicted octanol–water partition coefficient (Wildman–Crippen LogP) is 3.15. The molecule has 0 bridgehead atoms. The number of furan rings is 1. The highest BCUT2D eigenvalue weighted by Crippen LogP contribution is 2.38. The Morgan fingerprint density at radius 3 is 2.83 bits per heavy atom. The lowest BCUT2D eigenvalue weighted by Gasteiger charge is -1.95. The van der Waals surface area contributed by atoms with Crippen molar-refractivity contribution in [1.82, 2.24) is 0 Å². The Bertz CT molecular complexity index is 634. The predicted molar refractivity (Wildman–Crippen MR) is 66.2 cm³/mol. The molecule has 1 aromatic carbocycles. The summed E-state index contributed by atoms with van der Waals surface area (Å²) in [6.45, 7) is 1.87. The molecule has 0 aliphatic rings. The summed E-state index contributed by atoms with van der Waals surface area (Å²) in [4.78, 5) is 21.8. The number of non-ortho nitro benzene ring substituents is 1. The first-order valence-electron chi connectivity index (χ1n) is 5.12. The van der Waals surface area contributed by atoms with Crippen LogP contribution in [-0.4, -0.2) is 21.8 Å². The van der Waals surface area contributed by atoms with E-state index >= 15 is 0 Å². The molecule has 0 aliphatic heterocycles. The van der Waals surface area contributed by atoms with Gasteiger partial charge in [0.1, 0.15) is 0 Å². The molecule has 0 aliphatic carbocycles. The molecule has 94 valence electrons. The fraction of sp³-hybridized carbons (Fsp3) is 0.182. The number of nitro benzene ring substituents is 1. The van der Waals surface area contributed by atoms with Gasteiger partial charge < -0.3 is 9.52 Å². The van der Waals surface area contributed by atoms with Gasteiger partial charge in [0.25, 0.3) is 0 Å². The van der Waals surface area contributed by atoms with Gasteiger partial charge in [0.2, 0.25) is 11.3 Å². The number of nitro groups is 1. The summed E-state index contributed by atoms with van der Waals surface area (Å²) in [6.07, 6.45) is 0. The topological polar surface area (TPSA) is 93.6 Å². The lowest BCUT2D eigenvalue weighted by atomic mass is 10.2. The van der Waals surface area contributed by atoms with Gasteiger partial charge in [-0.05, 0) is 11.8 Å². The molecule has 6 nitrogen and oxygen atoms in total. The molecular weight excluding hydrogens is 258 g/mol. The fourth-order valence-corrected chi connectivity index (χ4v) is 2.52. The van der Waals surface area contributed by atoms with Crippen molar-refractivity contribution in [1.29, 1.82) is 0 Å². The summed E-state index contributed by atoms with van der Waals surface area (Å²) in [5, 5.41) is 20.4. The number of hydrogen-bond donors (Lipinski definition) is 1. The van der Waals surface area contributed by atoms with Gasteiger partial charge in [-0.15, -0.1) is 11.8 Å². The van der Waals surface area contributed by atoms with E-state index in [0.717, 1.165) is 0 Å². The number of para-hydroxylation sites is 1. The summed E-state index contributed by atoms with van der Waals surface area (Å²) < 4.78 is 5.14. The monoisotopic (exact) mass is 267 g/mol. The number of nitrogens with zero attached hydrogens (tertiary/aromatic N) is 1. The lowest BCUT2D eigenvalue weighted by Crippen LogP contribution is -1.95. The summed E-state index contributed by atoms with van der Waals surface area (Å²) >= 11 is 1.29. The Labute approximate surface area is 106 Å². The average Bonchev–Trinajstić information content (AvgIpc) is 2.68. The van der Waals surface area contributed by atoms with Gasteiger partial charge in [-0.25, -0.2) is 4.79 Å². The average molecular weight is 267 g/mol. The molecule has 0 fully saturated rings. The van der Waals surface area contributed by atoms with Crippen molar-refractivity contribution in [3.63, 3.8) is 0 Å². The zero-order chi connectivity index (χ0) is 13.3. The maximum atomic E-state index is 11.1. The molecule has 2 rings (SSSR count). The van der Waals surface area contributed by atoms with Crippen LogP contribution in [0.2, 0.25) is 0 Å². The van der Waals surface area contributed by atoms with Crippen LogP contribution in [0.4, 0.5) is 5.69 Å². The normalized spacial score (nSPS) is 10.7. The number of fused-ring (bicyclic) bond motifs is 1. The first kappa shape index (κ1) is 12.4. The number of hydrogen-bond acceptors (Lipinski definition) is 5. The van der Waals surface area contributed by atoms with Gasteiger partial charge >= 0.3 is 11.7 Å². The van der Waals surface area contributed by atoms with E-state index in [1.54, 1.807) is 6.07 Å². The molecule has 1 N–H and O–H groups in total. The Kier molecular flexibility index (Phi) is 3.24. The molecule has 0 unspecified atom stereocenters. The number of benzene rings is 1. The highest BCUT2D eigenvalue weighted by atomic mass is 32.2. The third-order valence-corrected chi connectivity index (χ3v) is 3.31. The van der Waals surface area contributed by atoms with Crippen LogP contribution >= 0.6 is 11.8 Å². The summed E-state index contributed by atoms with van der Waals surface area (Å²) in [7, 11) is 0. The molecule has 2 aromatic rings. The number of aromatic carboxylic acids is 1. The fourth-order valence-electron chi connectivity index (χ4n) is 1.65. The van der Waals surface area contributed by atoms with E-state index < -0.39 is 10.9 Å². The Morgan fingerprint density at radius 2 is 2.28 bits per heavy atom. The van der Waals surface area contributed by atoms with Crippen LogP contribution in [0, 0.1) is 10.1 Å². The maximum Gasteiger partial charge on any atom is 0.373 e. The summed E-state index contributed by atoms with van der Waals surface area (Å²) in [5.74, 6) is -0.819. The van der Waals surface area contributed by atoms with Crippen molar-refractivity contribution in [3.8, 4) is 0 Å². The Hall–Kier alpha value is -2.02. The minimum absolute atomic E-state index is 0.0100. The minimum atomic E-state index is -1.23. The smallest absolute Gasteiger partial charge is 0.373 e. The Morgan fingerprint density at radius 1 is 1.56 bits per heavy atom. The van der Waals surface area contributed by atoms with E-state index in [-0.39, 0.29) is 17.0 Å². The van der Waals surface area contributed by atoms with Crippen LogP contribution < -0.4 is 0 Å². The van der Waals surface area contributed by atoms with E-state index in [1.807, 2.05) is 6.92 Å². The second-order valence-electron chi connectivity index (χ2n) is 3.41. The lowest BCUT2D eigenvalue weighted by molar-refractivity contribution is -0.383.